The molecule has 0 radical (unpaired) electrons. The Labute approximate surface area is 118 Å². The number of halogens is 4. The van der Waals surface area contributed by atoms with Crippen molar-refractivity contribution in [2.45, 2.75) is 25.9 Å². The van der Waals surface area contributed by atoms with Gasteiger partial charge in [0, 0.05) is 17.2 Å². The van der Waals surface area contributed by atoms with Gasteiger partial charge in [0.05, 0.1) is 5.56 Å². The molecule has 0 saturated carbocycles. The maximum atomic E-state index is 12.9. The first-order valence-electron chi connectivity index (χ1n) is 6.05. The highest BCUT2D eigenvalue weighted by molar-refractivity contribution is 9.10. The van der Waals surface area contributed by atoms with Gasteiger partial charge < -0.3 is 11.1 Å². The van der Waals surface area contributed by atoms with Crippen molar-refractivity contribution in [3.8, 4) is 0 Å². The Morgan fingerprint density at radius 2 is 2.16 bits per heavy atom. The van der Waals surface area contributed by atoms with Crippen LogP contribution in [-0.2, 0) is 6.18 Å². The molecule has 1 aromatic heterocycles. The van der Waals surface area contributed by atoms with Gasteiger partial charge in [0.1, 0.15) is 5.82 Å². The van der Waals surface area contributed by atoms with Crippen molar-refractivity contribution in [1.82, 2.24) is 4.98 Å². The molecular formula is C12H17BrF3N3. The zero-order valence-electron chi connectivity index (χ0n) is 10.6. The summed E-state index contributed by atoms with van der Waals surface area (Å²) in [6.07, 6.45) is -1.43. The first-order chi connectivity index (χ1) is 8.88. The number of pyridine rings is 1. The Hall–Kier alpha value is -0.820. The van der Waals surface area contributed by atoms with Crippen LogP contribution >= 0.6 is 15.9 Å². The molecular weight excluding hydrogens is 323 g/mol. The van der Waals surface area contributed by atoms with E-state index in [9.17, 15) is 13.2 Å². The summed E-state index contributed by atoms with van der Waals surface area (Å²) in [4.78, 5) is 3.80. The standard InChI is InChI=1S/C12H17BrF3N3/c1-2-8(3-4-17)6-18-11-10(12(14,15)16)5-9(13)7-19-11/h5,7-8H,2-4,6,17H2,1H3,(H,18,19). The number of hydrogen-bond acceptors (Lipinski definition) is 3. The second-order valence-corrected chi connectivity index (χ2v) is 5.20. The van der Waals surface area contributed by atoms with Gasteiger partial charge >= 0.3 is 6.18 Å². The number of aromatic nitrogens is 1. The average Bonchev–Trinajstić information content (AvgIpc) is 2.34. The van der Waals surface area contributed by atoms with Gasteiger partial charge in [-0.3, -0.25) is 0 Å². The van der Waals surface area contributed by atoms with Crippen LogP contribution in [0.2, 0.25) is 0 Å². The van der Waals surface area contributed by atoms with Crippen LogP contribution < -0.4 is 11.1 Å². The molecule has 1 rings (SSSR count). The smallest absolute Gasteiger partial charge is 0.369 e. The van der Waals surface area contributed by atoms with Crippen LogP contribution in [0.15, 0.2) is 16.7 Å². The Kier molecular flexibility index (Phi) is 6.06. The highest BCUT2D eigenvalue weighted by Gasteiger charge is 2.34. The molecule has 0 saturated heterocycles. The maximum absolute atomic E-state index is 12.9. The van der Waals surface area contributed by atoms with Gasteiger partial charge in [0.2, 0.25) is 0 Å². The molecule has 0 aromatic carbocycles. The molecule has 108 valence electrons. The predicted molar refractivity (Wildman–Crippen MR) is 72.9 cm³/mol. The number of anilines is 1. The second-order valence-electron chi connectivity index (χ2n) is 4.28. The third kappa shape index (κ3) is 4.99. The number of nitrogens with two attached hydrogens (primary N) is 1. The molecule has 3 N–H and O–H groups in total. The molecule has 1 heterocycles. The van der Waals surface area contributed by atoms with E-state index in [2.05, 4.69) is 26.2 Å². The number of rotatable bonds is 6. The van der Waals surface area contributed by atoms with Gasteiger partial charge in [-0.1, -0.05) is 13.3 Å². The van der Waals surface area contributed by atoms with Crippen LogP contribution in [0.3, 0.4) is 0 Å². The Morgan fingerprint density at radius 3 is 2.68 bits per heavy atom. The molecule has 0 aliphatic carbocycles. The third-order valence-corrected chi connectivity index (χ3v) is 3.30. The monoisotopic (exact) mass is 339 g/mol. The highest BCUT2D eigenvalue weighted by atomic mass is 79.9. The summed E-state index contributed by atoms with van der Waals surface area (Å²) >= 11 is 3.00. The Bertz CT molecular complexity index is 410. The molecule has 0 fully saturated rings. The molecule has 0 bridgehead atoms. The van der Waals surface area contributed by atoms with Crippen LogP contribution in [0.4, 0.5) is 19.0 Å². The summed E-state index contributed by atoms with van der Waals surface area (Å²) < 4.78 is 38.9. The summed E-state index contributed by atoms with van der Waals surface area (Å²) in [5, 5.41) is 2.78. The normalized spacial score (nSPS) is 13.4. The predicted octanol–water partition coefficient (Wildman–Crippen LogP) is 3.65. The van der Waals surface area contributed by atoms with E-state index in [4.69, 9.17) is 5.73 Å². The molecule has 3 nitrogen and oxygen atoms in total. The second kappa shape index (κ2) is 7.09. The summed E-state index contributed by atoms with van der Waals surface area (Å²) in [6, 6.07) is 1.03. The summed E-state index contributed by atoms with van der Waals surface area (Å²) in [7, 11) is 0. The topological polar surface area (TPSA) is 50.9 Å². The zero-order chi connectivity index (χ0) is 14.5. The van der Waals surface area contributed by atoms with Crippen molar-refractivity contribution in [3.05, 3.63) is 22.3 Å². The molecule has 0 amide bonds. The fourth-order valence-corrected chi connectivity index (χ4v) is 2.05. The van der Waals surface area contributed by atoms with E-state index in [1.807, 2.05) is 6.92 Å². The zero-order valence-corrected chi connectivity index (χ0v) is 12.2. The van der Waals surface area contributed by atoms with E-state index in [-0.39, 0.29) is 11.7 Å². The van der Waals surface area contributed by atoms with Crippen LogP contribution in [0, 0.1) is 5.92 Å². The Morgan fingerprint density at radius 1 is 1.47 bits per heavy atom. The fourth-order valence-electron chi connectivity index (χ4n) is 1.72. The van der Waals surface area contributed by atoms with E-state index in [0.29, 0.717) is 17.6 Å². The summed E-state index contributed by atoms with van der Waals surface area (Å²) in [5.74, 6) is 0.114. The van der Waals surface area contributed by atoms with Crippen molar-refractivity contribution >= 4 is 21.7 Å². The molecule has 19 heavy (non-hydrogen) atoms. The van der Waals surface area contributed by atoms with Crippen molar-refractivity contribution in [1.29, 1.82) is 0 Å². The lowest BCUT2D eigenvalue weighted by Crippen LogP contribution is -2.20. The molecule has 0 aliphatic rings. The van der Waals surface area contributed by atoms with Gasteiger partial charge in [-0.05, 0) is 40.9 Å². The van der Waals surface area contributed by atoms with Crippen LogP contribution in [0.1, 0.15) is 25.3 Å². The average molecular weight is 340 g/mol. The van der Waals surface area contributed by atoms with Gasteiger partial charge in [0.15, 0.2) is 0 Å². The number of alkyl halides is 3. The van der Waals surface area contributed by atoms with Crippen LogP contribution in [0.5, 0.6) is 0 Å². The first kappa shape index (κ1) is 16.2. The van der Waals surface area contributed by atoms with Crippen molar-refractivity contribution in [3.63, 3.8) is 0 Å². The van der Waals surface area contributed by atoms with Gasteiger partial charge in [-0.25, -0.2) is 4.98 Å². The fraction of sp³-hybridized carbons (Fsp3) is 0.583. The molecule has 1 unspecified atom stereocenters. The molecule has 1 atom stereocenters. The quantitative estimate of drug-likeness (QED) is 0.831. The summed E-state index contributed by atoms with van der Waals surface area (Å²) in [5.41, 5.74) is 4.70. The summed E-state index contributed by atoms with van der Waals surface area (Å²) in [6.45, 7) is 2.95. The van der Waals surface area contributed by atoms with E-state index in [1.165, 1.54) is 6.20 Å². The minimum atomic E-state index is -4.42. The van der Waals surface area contributed by atoms with E-state index < -0.39 is 11.7 Å². The Balaban J connectivity index is 2.83. The highest BCUT2D eigenvalue weighted by Crippen LogP contribution is 2.35. The lowest BCUT2D eigenvalue weighted by Gasteiger charge is -2.18. The van der Waals surface area contributed by atoms with Gasteiger partial charge in [-0.15, -0.1) is 0 Å². The minimum absolute atomic E-state index is 0.133. The number of nitrogens with zero attached hydrogens (tertiary/aromatic N) is 1. The molecule has 0 aliphatic heterocycles. The molecule has 7 heteroatoms. The van der Waals surface area contributed by atoms with Crippen molar-refractivity contribution < 1.29 is 13.2 Å². The molecule has 1 aromatic rings. The molecule has 0 spiro atoms. The van der Waals surface area contributed by atoms with Crippen LogP contribution in [0.25, 0.3) is 0 Å². The van der Waals surface area contributed by atoms with Crippen LogP contribution in [-0.4, -0.2) is 18.1 Å². The maximum Gasteiger partial charge on any atom is 0.419 e. The largest absolute Gasteiger partial charge is 0.419 e. The SMILES string of the molecule is CCC(CCN)CNc1ncc(Br)cc1C(F)(F)F. The van der Waals surface area contributed by atoms with Crippen molar-refractivity contribution in [2.24, 2.45) is 11.7 Å². The third-order valence-electron chi connectivity index (χ3n) is 2.87. The van der Waals surface area contributed by atoms with Gasteiger partial charge in [-0.2, -0.15) is 13.2 Å². The minimum Gasteiger partial charge on any atom is -0.369 e. The van der Waals surface area contributed by atoms with E-state index >= 15 is 0 Å². The number of nitrogens with one attached hydrogen (secondary N) is 1. The lowest BCUT2D eigenvalue weighted by atomic mass is 10.0. The van der Waals surface area contributed by atoms with Crippen molar-refractivity contribution in [2.75, 3.05) is 18.4 Å². The van der Waals surface area contributed by atoms with E-state index in [1.54, 1.807) is 0 Å². The van der Waals surface area contributed by atoms with Gasteiger partial charge in [0.25, 0.3) is 0 Å². The first-order valence-corrected chi connectivity index (χ1v) is 6.84. The number of hydrogen-bond donors (Lipinski definition) is 2. The lowest BCUT2D eigenvalue weighted by molar-refractivity contribution is -0.137. The van der Waals surface area contributed by atoms with E-state index in [0.717, 1.165) is 18.9 Å².